The van der Waals surface area contributed by atoms with E-state index in [9.17, 15) is 4.79 Å². The van der Waals surface area contributed by atoms with Gasteiger partial charge in [-0.15, -0.1) is 11.3 Å². The predicted molar refractivity (Wildman–Crippen MR) is 72.6 cm³/mol. The minimum Gasteiger partial charge on any atom is -0.394 e. The maximum Gasteiger partial charge on any atom is 0.220 e. The molecular formula is C13H16N2O2S. The normalized spacial score (nSPS) is 12.6. The molecule has 18 heavy (non-hydrogen) atoms. The molecule has 0 radical (unpaired) electrons. The molecule has 2 N–H and O–H groups in total. The SMILES string of the molecule is CC(CO)NC(=O)CCc1nc2ccccc2s1. The smallest absolute Gasteiger partial charge is 0.220 e. The van der Waals surface area contributed by atoms with Crippen LogP contribution in [0.5, 0.6) is 0 Å². The zero-order chi connectivity index (χ0) is 13.0. The summed E-state index contributed by atoms with van der Waals surface area (Å²) in [5.74, 6) is -0.0455. The Labute approximate surface area is 110 Å². The highest BCUT2D eigenvalue weighted by Gasteiger charge is 2.08. The van der Waals surface area contributed by atoms with Crippen LogP contribution in [-0.4, -0.2) is 28.6 Å². The van der Waals surface area contributed by atoms with Gasteiger partial charge in [-0.2, -0.15) is 0 Å². The summed E-state index contributed by atoms with van der Waals surface area (Å²) < 4.78 is 1.15. The van der Waals surface area contributed by atoms with E-state index in [-0.39, 0.29) is 18.6 Å². The van der Waals surface area contributed by atoms with Crippen molar-refractivity contribution in [1.82, 2.24) is 10.3 Å². The number of fused-ring (bicyclic) bond motifs is 1. The second-order valence-corrected chi connectivity index (χ2v) is 5.34. The number of aryl methyl sites for hydroxylation is 1. The molecule has 1 atom stereocenters. The summed E-state index contributed by atoms with van der Waals surface area (Å²) in [7, 11) is 0. The number of amides is 1. The lowest BCUT2D eigenvalue weighted by molar-refractivity contribution is -0.121. The number of carbonyl (C=O) groups is 1. The molecule has 1 aromatic heterocycles. The first-order chi connectivity index (χ1) is 8.69. The second kappa shape index (κ2) is 5.93. The van der Waals surface area contributed by atoms with Crippen molar-refractivity contribution < 1.29 is 9.90 Å². The average molecular weight is 264 g/mol. The molecule has 1 unspecified atom stereocenters. The van der Waals surface area contributed by atoms with Crippen LogP contribution in [0.15, 0.2) is 24.3 Å². The molecule has 4 nitrogen and oxygen atoms in total. The van der Waals surface area contributed by atoms with Crippen molar-refractivity contribution in [3.63, 3.8) is 0 Å². The van der Waals surface area contributed by atoms with Crippen LogP contribution in [0.4, 0.5) is 0 Å². The van der Waals surface area contributed by atoms with Crippen LogP contribution in [0, 0.1) is 0 Å². The van der Waals surface area contributed by atoms with E-state index in [1.54, 1.807) is 18.3 Å². The number of thiazole rings is 1. The van der Waals surface area contributed by atoms with E-state index >= 15 is 0 Å². The Morgan fingerprint density at radius 2 is 2.28 bits per heavy atom. The Bertz CT molecular complexity index is 506. The minimum absolute atomic E-state index is 0.0348. The minimum atomic E-state index is -0.187. The average Bonchev–Trinajstić information content (AvgIpc) is 2.79. The maximum atomic E-state index is 11.6. The number of aromatic nitrogens is 1. The van der Waals surface area contributed by atoms with Crippen LogP contribution in [0.25, 0.3) is 10.2 Å². The lowest BCUT2D eigenvalue weighted by Crippen LogP contribution is -2.35. The first-order valence-electron chi connectivity index (χ1n) is 5.93. The number of hydrogen-bond donors (Lipinski definition) is 2. The fourth-order valence-corrected chi connectivity index (χ4v) is 2.61. The Morgan fingerprint density at radius 1 is 1.50 bits per heavy atom. The predicted octanol–water partition coefficient (Wildman–Crippen LogP) is 1.73. The molecule has 0 aliphatic carbocycles. The first kappa shape index (κ1) is 13.0. The molecule has 2 aromatic rings. The van der Waals surface area contributed by atoms with Crippen molar-refractivity contribution >= 4 is 27.5 Å². The van der Waals surface area contributed by atoms with E-state index in [4.69, 9.17) is 5.11 Å². The third kappa shape index (κ3) is 3.27. The van der Waals surface area contributed by atoms with Crippen molar-refractivity contribution in [2.24, 2.45) is 0 Å². The molecule has 0 saturated carbocycles. The van der Waals surface area contributed by atoms with Crippen molar-refractivity contribution in [1.29, 1.82) is 0 Å². The van der Waals surface area contributed by atoms with Gasteiger partial charge in [0.2, 0.25) is 5.91 Å². The molecule has 0 spiro atoms. The van der Waals surface area contributed by atoms with Gasteiger partial charge in [0.1, 0.15) is 0 Å². The van der Waals surface area contributed by atoms with Gasteiger partial charge in [0.05, 0.1) is 21.8 Å². The quantitative estimate of drug-likeness (QED) is 0.864. The summed E-state index contributed by atoms with van der Waals surface area (Å²) in [6, 6.07) is 7.77. The molecule has 1 amide bonds. The lowest BCUT2D eigenvalue weighted by Gasteiger charge is -2.09. The van der Waals surface area contributed by atoms with E-state index in [0.29, 0.717) is 12.8 Å². The van der Waals surface area contributed by atoms with Gasteiger partial charge in [-0.25, -0.2) is 4.98 Å². The highest BCUT2D eigenvalue weighted by Crippen LogP contribution is 2.22. The van der Waals surface area contributed by atoms with Gasteiger partial charge in [-0.1, -0.05) is 12.1 Å². The van der Waals surface area contributed by atoms with E-state index in [1.165, 1.54) is 0 Å². The number of benzene rings is 1. The Kier molecular flexibility index (Phi) is 4.28. The molecule has 0 fully saturated rings. The molecule has 0 bridgehead atoms. The zero-order valence-electron chi connectivity index (χ0n) is 10.2. The van der Waals surface area contributed by atoms with Crippen LogP contribution in [0.2, 0.25) is 0 Å². The van der Waals surface area contributed by atoms with Crippen LogP contribution in [-0.2, 0) is 11.2 Å². The van der Waals surface area contributed by atoms with Crippen molar-refractivity contribution in [3.8, 4) is 0 Å². The summed E-state index contributed by atoms with van der Waals surface area (Å²) in [4.78, 5) is 16.0. The van der Waals surface area contributed by atoms with Gasteiger partial charge < -0.3 is 10.4 Å². The van der Waals surface area contributed by atoms with Gasteiger partial charge in [-0.05, 0) is 19.1 Å². The second-order valence-electron chi connectivity index (χ2n) is 4.23. The summed E-state index contributed by atoms with van der Waals surface area (Å²) in [5, 5.41) is 12.5. The first-order valence-corrected chi connectivity index (χ1v) is 6.75. The van der Waals surface area contributed by atoms with Crippen molar-refractivity contribution in [3.05, 3.63) is 29.3 Å². The number of para-hydroxylation sites is 1. The number of aliphatic hydroxyl groups excluding tert-OH is 1. The molecule has 1 heterocycles. The Morgan fingerprint density at radius 3 is 3.00 bits per heavy atom. The van der Waals surface area contributed by atoms with Crippen LogP contribution in [0.3, 0.4) is 0 Å². The topological polar surface area (TPSA) is 62.2 Å². The highest BCUT2D eigenvalue weighted by molar-refractivity contribution is 7.18. The molecule has 0 aliphatic heterocycles. The fraction of sp³-hybridized carbons (Fsp3) is 0.385. The number of carbonyl (C=O) groups excluding carboxylic acids is 1. The van der Waals surface area contributed by atoms with Crippen molar-refractivity contribution in [2.45, 2.75) is 25.8 Å². The number of nitrogens with zero attached hydrogens (tertiary/aromatic N) is 1. The summed E-state index contributed by atoms with van der Waals surface area (Å²) >= 11 is 1.62. The lowest BCUT2D eigenvalue weighted by atomic mass is 10.2. The largest absolute Gasteiger partial charge is 0.394 e. The van der Waals surface area contributed by atoms with Gasteiger partial charge in [0.25, 0.3) is 0 Å². The third-order valence-electron chi connectivity index (χ3n) is 2.59. The Balaban J connectivity index is 1.92. The van der Waals surface area contributed by atoms with Crippen molar-refractivity contribution in [2.75, 3.05) is 6.61 Å². The number of hydrogen-bond acceptors (Lipinski definition) is 4. The zero-order valence-corrected chi connectivity index (χ0v) is 11.0. The maximum absolute atomic E-state index is 11.6. The molecule has 2 rings (SSSR count). The molecule has 1 aromatic carbocycles. The van der Waals surface area contributed by atoms with E-state index in [0.717, 1.165) is 15.2 Å². The van der Waals surface area contributed by atoms with Crippen LogP contribution < -0.4 is 5.32 Å². The van der Waals surface area contributed by atoms with Crippen LogP contribution >= 0.6 is 11.3 Å². The Hall–Kier alpha value is -1.46. The fourth-order valence-electron chi connectivity index (χ4n) is 1.64. The molecular weight excluding hydrogens is 248 g/mol. The molecule has 0 aliphatic rings. The van der Waals surface area contributed by atoms with Gasteiger partial charge >= 0.3 is 0 Å². The molecule has 0 saturated heterocycles. The highest BCUT2D eigenvalue weighted by atomic mass is 32.1. The number of aliphatic hydroxyl groups is 1. The molecule has 5 heteroatoms. The molecule has 96 valence electrons. The summed E-state index contributed by atoms with van der Waals surface area (Å²) in [5.41, 5.74) is 0.988. The third-order valence-corrected chi connectivity index (χ3v) is 3.68. The summed E-state index contributed by atoms with van der Waals surface area (Å²) in [6.45, 7) is 1.74. The van der Waals surface area contributed by atoms with E-state index in [1.807, 2.05) is 24.3 Å². The summed E-state index contributed by atoms with van der Waals surface area (Å²) in [6.07, 6.45) is 1.05. The number of rotatable bonds is 5. The van der Waals surface area contributed by atoms with Gasteiger partial charge in [0, 0.05) is 18.9 Å². The van der Waals surface area contributed by atoms with Crippen LogP contribution in [0.1, 0.15) is 18.4 Å². The van der Waals surface area contributed by atoms with E-state index < -0.39 is 0 Å². The standard InChI is InChI=1S/C13H16N2O2S/c1-9(8-16)14-12(17)6-7-13-15-10-4-2-3-5-11(10)18-13/h2-5,9,16H,6-8H2,1H3,(H,14,17). The van der Waals surface area contributed by atoms with E-state index in [2.05, 4.69) is 10.3 Å². The monoisotopic (exact) mass is 264 g/mol. The van der Waals surface area contributed by atoms with Gasteiger partial charge in [0.15, 0.2) is 0 Å². The van der Waals surface area contributed by atoms with Gasteiger partial charge in [-0.3, -0.25) is 4.79 Å². The number of nitrogens with one attached hydrogen (secondary N) is 1.